The van der Waals surface area contributed by atoms with E-state index in [-0.39, 0.29) is 24.8 Å². The number of methoxy groups -OCH3 is 1. The number of aromatic nitrogens is 1. The highest BCUT2D eigenvalue weighted by Crippen LogP contribution is 2.38. The summed E-state index contributed by atoms with van der Waals surface area (Å²) in [6.45, 7) is 5.27. The highest BCUT2D eigenvalue weighted by atomic mass is 35.5. The van der Waals surface area contributed by atoms with Crippen molar-refractivity contribution in [1.29, 1.82) is 0 Å². The molecule has 1 saturated heterocycles. The van der Waals surface area contributed by atoms with Gasteiger partial charge in [0.2, 0.25) is 0 Å². The lowest BCUT2D eigenvalue weighted by molar-refractivity contribution is 0.268. The molecule has 3 aromatic rings. The lowest BCUT2D eigenvalue weighted by atomic mass is 10.0. The van der Waals surface area contributed by atoms with Crippen LogP contribution in [0.5, 0.6) is 5.75 Å². The second kappa shape index (κ2) is 13.0. The van der Waals surface area contributed by atoms with Gasteiger partial charge in [0.25, 0.3) is 0 Å². The van der Waals surface area contributed by atoms with Gasteiger partial charge >= 0.3 is 0 Å². The Morgan fingerprint density at radius 2 is 1.97 bits per heavy atom. The first-order valence-corrected chi connectivity index (χ1v) is 13.5. The smallest absolute Gasteiger partial charge is 0.118 e. The minimum absolute atomic E-state index is 0. The van der Waals surface area contributed by atoms with E-state index in [1.165, 1.54) is 37.5 Å². The fraction of sp³-hybridized carbons (Fsp3) is 0.370. The van der Waals surface area contributed by atoms with Gasteiger partial charge in [-0.15, -0.1) is 36.2 Å². The number of rotatable bonds is 7. The molecule has 1 unspecified atom stereocenters. The molecule has 0 amide bonds. The molecule has 1 fully saturated rings. The van der Waals surface area contributed by atoms with Gasteiger partial charge < -0.3 is 15.0 Å². The van der Waals surface area contributed by atoms with Crippen LogP contribution in [-0.4, -0.2) is 42.7 Å². The number of benzene rings is 1. The summed E-state index contributed by atoms with van der Waals surface area (Å²) in [6, 6.07) is 15.6. The molecule has 0 bridgehead atoms. The maximum absolute atomic E-state index is 5.30. The molecule has 8 heteroatoms. The highest BCUT2D eigenvalue weighted by molar-refractivity contribution is 8.08. The second-order valence-corrected chi connectivity index (χ2v) is 10.9. The molecule has 4 heterocycles. The molecule has 4 nitrogen and oxygen atoms in total. The number of thioether (sulfide) groups is 1. The number of nitrogens with zero attached hydrogens (tertiary/aromatic N) is 2. The molecular weight excluding hydrogens is 517 g/mol. The van der Waals surface area contributed by atoms with Crippen molar-refractivity contribution >= 4 is 59.0 Å². The van der Waals surface area contributed by atoms with E-state index in [0.717, 1.165) is 50.0 Å². The van der Waals surface area contributed by atoms with E-state index in [1.54, 1.807) is 7.11 Å². The van der Waals surface area contributed by atoms with Crippen molar-refractivity contribution in [3.63, 3.8) is 0 Å². The van der Waals surface area contributed by atoms with Gasteiger partial charge in [-0.2, -0.15) is 0 Å². The number of hydrogen-bond acceptors (Lipinski definition) is 6. The number of thiophene rings is 1. The zero-order valence-corrected chi connectivity index (χ0v) is 23.4. The number of halogens is 2. The molecule has 2 aliphatic rings. The van der Waals surface area contributed by atoms with Crippen LogP contribution in [-0.2, 0) is 12.8 Å². The van der Waals surface area contributed by atoms with Crippen LogP contribution in [0.3, 0.4) is 0 Å². The summed E-state index contributed by atoms with van der Waals surface area (Å²) in [6.07, 6.45) is 6.44. The standard InChI is InChI=1S/C27H31N3OS2.2ClH/c1-3-5-23-16-24-26(25-20(6-4-13-29-25)18-32-27(24)33-23)30-15-14-28-21(17-30)10-7-19-8-11-22(31-2)12-9-19;;/h4,6,8-9,11-13,16,18,21,28H,3,5,7,10,14-15,17H2,1-2H3;2*1H. The van der Waals surface area contributed by atoms with Gasteiger partial charge in [-0.25, -0.2) is 0 Å². The van der Waals surface area contributed by atoms with E-state index >= 15 is 0 Å². The predicted molar refractivity (Wildman–Crippen MR) is 154 cm³/mol. The summed E-state index contributed by atoms with van der Waals surface area (Å²) in [4.78, 5) is 8.94. The average molecular weight is 551 g/mol. The Kier molecular flexibility index (Phi) is 10.4. The Hall–Kier alpha value is -1.70. The third kappa shape index (κ3) is 6.36. The van der Waals surface area contributed by atoms with Crippen molar-refractivity contribution < 1.29 is 4.74 Å². The van der Waals surface area contributed by atoms with Gasteiger partial charge in [0, 0.05) is 47.5 Å². The number of pyridine rings is 1. The molecule has 35 heavy (non-hydrogen) atoms. The summed E-state index contributed by atoms with van der Waals surface area (Å²) >= 11 is 3.81. The number of fused-ring (bicyclic) bond motifs is 2. The maximum Gasteiger partial charge on any atom is 0.118 e. The van der Waals surface area contributed by atoms with Crippen molar-refractivity contribution in [2.45, 2.75) is 42.9 Å². The monoisotopic (exact) mass is 549 g/mol. The van der Waals surface area contributed by atoms with Crippen molar-refractivity contribution in [3.05, 3.63) is 75.2 Å². The van der Waals surface area contributed by atoms with Crippen LogP contribution in [0.4, 0.5) is 0 Å². The lowest BCUT2D eigenvalue weighted by Gasteiger charge is -2.36. The summed E-state index contributed by atoms with van der Waals surface area (Å²) in [7, 11) is 1.72. The Bertz CT molecular complexity index is 1230. The van der Waals surface area contributed by atoms with Gasteiger partial charge in [0.05, 0.1) is 22.4 Å². The number of nitrogens with one attached hydrogen (secondary N) is 1. The van der Waals surface area contributed by atoms with Crippen LogP contribution >= 0.6 is 47.9 Å². The van der Waals surface area contributed by atoms with E-state index in [4.69, 9.17) is 9.72 Å². The topological polar surface area (TPSA) is 37.4 Å². The molecule has 2 aliphatic heterocycles. The van der Waals surface area contributed by atoms with E-state index in [1.807, 2.05) is 35.4 Å². The second-order valence-electron chi connectivity index (χ2n) is 8.67. The number of hydrogen-bond donors (Lipinski definition) is 1. The summed E-state index contributed by atoms with van der Waals surface area (Å²) in [5, 5.41) is 8.39. The van der Waals surface area contributed by atoms with Gasteiger partial charge in [-0.05, 0) is 54.5 Å². The van der Waals surface area contributed by atoms with Crippen molar-refractivity contribution in [3.8, 4) is 5.75 Å². The summed E-state index contributed by atoms with van der Waals surface area (Å²) in [5.41, 5.74) is 4.05. The Morgan fingerprint density at radius 1 is 1.14 bits per heavy atom. The quantitative estimate of drug-likeness (QED) is 0.455. The molecule has 2 aromatic heterocycles. The molecule has 0 saturated carbocycles. The van der Waals surface area contributed by atoms with Gasteiger partial charge in [0.15, 0.2) is 0 Å². The largest absolute Gasteiger partial charge is 0.497 e. The lowest BCUT2D eigenvalue weighted by Crippen LogP contribution is -2.51. The van der Waals surface area contributed by atoms with Crippen LogP contribution in [0, 0.1) is 0 Å². The fourth-order valence-corrected chi connectivity index (χ4v) is 7.03. The molecule has 1 aromatic carbocycles. The Labute approximate surface area is 228 Å². The van der Waals surface area contributed by atoms with E-state index < -0.39 is 0 Å². The molecule has 5 rings (SSSR count). The molecule has 0 aliphatic carbocycles. The Balaban J connectivity index is 0.00000171. The van der Waals surface area contributed by atoms with Gasteiger partial charge in [-0.3, -0.25) is 4.98 Å². The van der Waals surface area contributed by atoms with Crippen LogP contribution in [0.15, 0.2) is 52.9 Å². The van der Waals surface area contributed by atoms with Crippen molar-refractivity contribution in [2.24, 2.45) is 0 Å². The predicted octanol–water partition coefficient (Wildman–Crippen LogP) is 4.85. The number of aryl methyl sites for hydroxylation is 2. The van der Waals surface area contributed by atoms with Gasteiger partial charge in [0.1, 0.15) is 5.75 Å². The minimum atomic E-state index is 0. The zero-order chi connectivity index (χ0) is 22.6. The number of piperazine rings is 1. The van der Waals surface area contributed by atoms with Crippen LogP contribution in [0.25, 0.3) is 11.1 Å². The molecule has 1 N–H and O–H groups in total. The van der Waals surface area contributed by atoms with Crippen LogP contribution in [0.1, 0.15) is 35.8 Å². The number of ether oxygens (including phenoxy) is 1. The SMILES string of the molecule is CCCc1cc2c(s1)SC=c1cccnc1=C2N1CCNC(CCc2ccc(OC)cc2)C1.Cl.Cl. The molecule has 1 atom stereocenters. The van der Waals surface area contributed by atoms with Crippen LogP contribution < -0.4 is 20.6 Å². The van der Waals surface area contributed by atoms with Gasteiger partial charge in [-0.1, -0.05) is 43.3 Å². The van der Waals surface area contributed by atoms with E-state index in [2.05, 4.69) is 58.9 Å². The van der Waals surface area contributed by atoms with E-state index in [9.17, 15) is 0 Å². The minimum Gasteiger partial charge on any atom is -0.497 e. The van der Waals surface area contributed by atoms with Crippen LogP contribution in [0.2, 0.25) is 0 Å². The Morgan fingerprint density at radius 3 is 2.74 bits per heavy atom. The third-order valence-corrected chi connectivity index (χ3v) is 8.70. The third-order valence-electron chi connectivity index (χ3n) is 6.37. The maximum atomic E-state index is 5.30. The van der Waals surface area contributed by atoms with Crippen molar-refractivity contribution in [2.75, 3.05) is 26.7 Å². The summed E-state index contributed by atoms with van der Waals surface area (Å²) < 4.78 is 6.70. The molecular formula is C27H33Cl2N3OS2. The molecule has 188 valence electrons. The van der Waals surface area contributed by atoms with Crippen molar-refractivity contribution in [1.82, 2.24) is 15.2 Å². The zero-order valence-electron chi connectivity index (χ0n) is 20.2. The first-order chi connectivity index (χ1) is 16.2. The fourth-order valence-electron chi connectivity index (χ4n) is 4.68. The normalized spacial score (nSPS) is 16.7. The average Bonchev–Trinajstić information content (AvgIpc) is 3.18. The highest BCUT2D eigenvalue weighted by Gasteiger charge is 2.26. The molecule has 0 radical (unpaired) electrons. The first kappa shape index (κ1) is 27.9. The molecule has 0 spiro atoms. The first-order valence-electron chi connectivity index (χ1n) is 11.8. The summed E-state index contributed by atoms with van der Waals surface area (Å²) in [5.74, 6) is 0.917. The van der Waals surface area contributed by atoms with E-state index in [0.29, 0.717) is 6.04 Å².